The molecule has 3 aromatic carbocycles. The van der Waals surface area contributed by atoms with E-state index < -0.39 is 12.1 Å². The lowest BCUT2D eigenvalue weighted by atomic mass is 9.81. The Morgan fingerprint density at radius 1 is 0.941 bits per heavy atom. The summed E-state index contributed by atoms with van der Waals surface area (Å²) in [5, 5.41) is 28.3. The molecule has 51 heavy (non-hydrogen) atoms. The lowest BCUT2D eigenvalue weighted by molar-refractivity contribution is -0.130. The van der Waals surface area contributed by atoms with Crippen LogP contribution < -0.4 is 21.3 Å². The van der Waals surface area contributed by atoms with Gasteiger partial charge in [0.15, 0.2) is 0 Å². The molecule has 4 aromatic rings. The van der Waals surface area contributed by atoms with Gasteiger partial charge < -0.3 is 31.3 Å². The van der Waals surface area contributed by atoms with Gasteiger partial charge >= 0.3 is 6.09 Å². The van der Waals surface area contributed by atoms with E-state index in [0.29, 0.717) is 37.2 Å². The van der Waals surface area contributed by atoms with Gasteiger partial charge in [0.1, 0.15) is 6.04 Å². The number of hydrogen-bond donors (Lipinski definition) is 6. The summed E-state index contributed by atoms with van der Waals surface area (Å²) in [6.45, 7) is 9.88. The monoisotopic (exact) mass is 695 g/mol. The molecule has 12 heteroatoms. The molecule has 1 aliphatic carbocycles. The van der Waals surface area contributed by atoms with Crippen LogP contribution in [-0.2, 0) is 16.0 Å². The zero-order valence-corrected chi connectivity index (χ0v) is 29.6. The lowest BCUT2D eigenvalue weighted by Gasteiger charge is -2.29. The third-order valence-electron chi connectivity index (χ3n) is 9.90. The number of hydrogen-bond acceptors (Lipinski definition) is 6. The van der Waals surface area contributed by atoms with Gasteiger partial charge in [0.05, 0.1) is 11.7 Å². The van der Waals surface area contributed by atoms with E-state index in [1.807, 2.05) is 61.5 Å². The van der Waals surface area contributed by atoms with Crippen molar-refractivity contribution < 1.29 is 24.3 Å². The number of H-pyrrole nitrogens is 1. The highest BCUT2D eigenvalue weighted by atomic mass is 16.4. The van der Waals surface area contributed by atoms with E-state index in [9.17, 15) is 19.2 Å². The quantitative estimate of drug-likeness (QED) is 0.0975. The van der Waals surface area contributed by atoms with Crippen LogP contribution in [0, 0.1) is 18.8 Å². The molecular weight excluding hydrogens is 646 g/mol. The number of likely N-dealkylation sites (N-methyl/N-ethyl adjacent to an activating group) is 1. The first-order valence-electron chi connectivity index (χ1n) is 17.8. The van der Waals surface area contributed by atoms with Crippen LogP contribution in [-0.4, -0.2) is 82.8 Å². The van der Waals surface area contributed by atoms with Gasteiger partial charge in [-0.1, -0.05) is 44.2 Å². The van der Waals surface area contributed by atoms with Gasteiger partial charge in [-0.2, -0.15) is 5.10 Å². The molecule has 270 valence electrons. The minimum absolute atomic E-state index is 0.0914. The minimum atomic E-state index is -1.04. The number of rotatable bonds is 15. The van der Waals surface area contributed by atoms with Crippen molar-refractivity contribution in [3.8, 4) is 11.1 Å². The number of aromatic nitrogens is 2. The SMILES string of the molecule is CCN(CC)CCNC(=O)c1ccc(-c2ccc(C[C@H](NC(=O)C3CCC(CNC(=O)O)CC3)C(=O)Nc3ccc4cn[nH]c4c3)cc2)c(C)c1. The highest BCUT2D eigenvalue weighted by Crippen LogP contribution is 2.29. The van der Waals surface area contributed by atoms with E-state index in [1.165, 1.54) is 0 Å². The molecule has 0 bridgehead atoms. The van der Waals surface area contributed by atoms with Crippen molar-refractivity contribution in [2.45, 2.75) is 58.9 Å². The lowest BCUT2D eigenvalue weighted by Crippen LogP contribution is -2.48. The molecule has 1 atom stereocenters. The summed E-state index contributed by atoms with van der Waals surface area (Å²) in [4.78, 5) is 53.2. The second kappa shape index (κ2) is 17.6. The molecule has 4 amide bonds. The molecule has 1 saturated carbocycles. The molecule has 12 nitrogen and oxygen atoms in total. The summed E-state index contributed by atoms with van der Waals surface area (Å²) in [6.07, 6.45) is 3.69. The first-order chi connectivity index (χ1) is 24.6. The number of anilines is 1. The van der Waals surface area contributed by atoms with Crippen molar-refractivity contribution in [2.75, 3.05) is 38.0 Å². The number of amides is 4. The highest BCUT2D eigenvalue weighted by molar-refractivity contribution is 5.99. The Balaban J connectivity index is 1.25. The number of aryl methyl sites for hydroxylation is 1. The van der Waals surface area contributed by atoms with Gasteiger partial charge in [-0.05, 0) is 104 Å². The van der Waals surface area contributed by atoms with Crippen LogP contribution in [0.1, 0.15) is 61.0 Å². The Kier molecular flexibility index (Phi) is 12.8. The number of carbonyl (C=O) groups is 4. The molecule has 0 unspecified atom stereocenters. The van der Waals surface area contributed by atoms with Crippen molar-refractivity contribution >= 4 is 40.4 Å². The van der Waals surface area contributed by atoms with Gasteiger partial charge in [0, 0.05) is 48.6 Å². The smallest absolute Gasteiger partial charge is 0.404 e. The summed E-state index contributed by atoms with van der Waals surface area (Å²) in [5.74, 6) is -0.646. The predicted octanol–water partition coefficient (Wildman–Crippen LogP) is 5.35. The fourth-order valence-corrected chi connectivity index (χ4v) is 6.76. The molecule has 0 spiro atoms. The molecule has 5 rings (SSSR count). The van der Waals surface area contributed by atoms with Crippen molar-refractivity contribution in [1.82, 2.24) is 31.0 Å². The Labute approximate surface area is 298 Å². The van der Waals surface area contributed by atoms with Crippen molar-refractivity contribution in [2.24, 2.45) is 11.8 Å². The van der Waals surface area contributed by atoms with Crippen LogP contribution in [0.3, 0.4) is 0 Å². The van der Waals surface area contributed by atoms with E-state index in [-0.39, 0.29) is 36.0 Å². The second-order valence-corrected chi connectivity index (χ2v) is 13.3. The minimum Gasteiger partial charge on any atom is -0.465 e. The molecule has 6 N–H and O–H groups in total. The van der Waals surface area contributed by atoms with Gasteiger partial charge in [-0.25, -0.2) is 4.79 Å². The number of carbonyl (C=O) groups excluding carboxylic acids is 3. The maximum Gasteiger partial charge on any atom is 0.404 e. The fraction of sp³-hybridized carbons (Fsp3) is 0.410. The molecule has 0 radical (unpaired) electrons. The summed E-state index contributed by atoms with van der Waals surface area (Å²) >= 11 is 0. The van der Waals surface area contributed by atoms with E-state index >= 15 is 0 Å². The number of fused-ring (bicyclic) bond motifs is 1. The maximum atomic E-state index is 13.7. The molecular formula is C39H49N7O5. The molecule has 1 aliphatic rings. The van der Waals surface area contributed by atoms with Gasteiger partial charge in [0.25, 0.3) is 5.91 Å². The van der Waals surface area contributed by atoms with E-state index in [0.717, 1.165) is 65.6 Å². The first kappa shape index (κ1) is 37.0. The first-order valence-corrected chi connectivity index (χ1v) is 17.8. The molecule has 0 aliphatic heterocycles. The third kappa shape index (κ3) is 10.2. The molecule has 1 fully saturated rings. The molecule has 1 aromatic heterocycles. The van der Waals surface area contributed by atoms with Crippen LogP contribution in [0.15, 0.2) is 66.9 Å². The zero-order chi connectivity index (χ0) is 36.3. The van der Waals surface area contributed by atoms with Crippen LogP contribution >= 0.6 is 0 Å². The van der Waals surface area contributed by atoms with Gasteiger partial charge in [-0.15, -0.1) is 0 Å². The predicted molar refractivity (Wildman–Crippen MR) is 199 cm³/mol. The van der Waals surface area contributed by atoms with Crippen molar-refractivity contribution in [3.63, 3.8) is 0 Å². The van der Waals surface area contributed by atoms with E-state index in [1.54, 1.807) is 12.3 Å². The number of carboxylic acid groups (broad SMARTS) is 1. The summed E-state index contributed by atoms with van der Waals surface area (Å²) in [7, 11) is 0. The maximum absolute atomic E-state index is 13.7. The Bertz CT molecular complexity index is 1810. The third-order valence-corrected chi connectivity index (χ3v) is 9.90. The van der Waals surface area contributed by atoms with Crippen LogP contribution in [0.2, 0.25) is 0 Å². The van der Waals surface area contributed by atoms with Crippen molar-refractivity contribution in [3.05, 3.63) is 83.6 Å². The number of nitrogens with zero attached hydrogens (tertiary/aromatic N) is 2. The summed E-state index contributed by atoms with van der Waals surface area (Å²) < 4.78 is 0. The number of benzene rings is 3. The fourth-order valence-electron chi connectivity index (χ4n) is 6.76. The van der Waals surface area contributed by atoms with Crippen LogP contribution in [0.4, 0.5) is 10.5 Å². The number of nitrogens with one attached hydrogen (secondary N) is 5. The van der Waals surface area contributed by atoms with Crippen molar-refractivity contribution in [1.29, 1.82) is 0 Å². The second-order valence-electron chi connectivity index (χ2n) is 13.3. The topological polar surface area (TPSA) is 169 Å². The standard InChI is InChI=1S/C39H49N7O5/c1-4-46(5-2)19-18-40-36(47)30-15-17-33(25(3)20-30)28-10-6-26(7-11-28)21-35(38(49)43-32-16-14-31-24-42-45-34(31)22-32)44-37(48)29-12-8-27(9-13-29)23-41-39(50)51/h6-7,10-11,14-17,20,22,24,27,29,35,41H,4-5,8-9,12-13,18-19,21,23H2,1-3H3,(H,40,47)(H,42,45)(H,43,49)(H,44,48)(H,50,51)/t27?,29?,35-/m0/s1. The molecule has 1 heterocycles. The van der Waals surface area contributed by atoms with Crippen LogP contribution in [0.5, 0.6) is 0 Å². The Hall–Kier alpha value is -5.23. The highest BCUT2D eigenvalue weighted by Gasteiger charge is 2.30. The summed E-state index contributed by atoms with van der Waals surface area (Å²) in [6, 6.07) is 18.3. The van der Waals surface area contributed by atoms with Gasteiger partial charge in [-0.3, -0.25) is 19.5 Å². The number of aromatic amines is 1. The largest absolute Gasteiger partial charge is 0.465 e. The average molecular weight is 696 g/mol. The van der Waals surface area contributed by atoms with E-state index in [4.69, 9.17) is 5.11 Å². The Morgan fingerprint density at radius 2 is 1.69 bits per heavy atom. The normalized spacial score (nSPS) is 16.4. The van der Waals surface area contributed by atoms with Crippen LogP contribution in [0.25, 0.3) is 22.0 Å². The van der Waals surface area contributed by atoms with Gasteiger partial charge in [0.2, 0.25) is 11.8 Å². The molecule has 0 saturated heterocycles. The zero-order valence-electron chi connectivity index (χ0n) is 29.6. The Morgan fingerprint density at radius 3 is 2.37 bits per heavy atom. The summed E-state index contributed by atoms with van der Waals surface area (Å²) in [5.41, 5.74) is 5.85. The van der Waals surface area contributed by atoms with E-state index in [2.05, 4.69) is 50.2 Å². The average Bonchev–Trinajstić information content (AvgIpc) is 3.61.